The fourth-order valence-corrected chi connectivity index (χ4v) is 19.4. The van der Waals surface area contributed by atoms with Crippen LogP contribution in [0.3, 0.4) is 0 Å². The van der Waals surface area contributed by atoms with Crippen LogP contribution in [-0.4, -0.2) is 153 Å². The van der Waals surface area contributed by atoms with Crippen LogP contribution in [0, 0.1) is 7.43 Å². The molecule has 0 radical (unpaired) electrons. The summed E-state index contributed by atoms with van der Waals surface area (Å²) in [4.78, 5) is 34.1. The first-order valence-corrected chi connectivity index (χ1v) is 40.2. The van der Waals surface area contributed by atoms with Crippen LogP contribution in [0.2, 0.25) is 6.82 Å². The monoisotopic (exact) mass is 1680 g/mol. The predicted octanol–water partition coefficient (Wildman–Crippen LogP) is 16.7. The van der Waals surface area contributed by atoms with Crippen molar-refractivity contribution in [3.8, 4) is 0 Å². The molecule has 6 heterocycles. The van der Waals surface area contributed by atoms with Crippen LogP contribution in [0.25, 0.3) is 0 Å². The fourth-order valence-electron chi connectivity index (χ4n) is 19.4. The van der Waals surface area contributed by atoms with Gasteiger partial charge in [0.1, 0.15) is 0 Å². The molecule has 0 aromatic heterocycles. The molecule has 6 aliphatic heterocycles. The van der Waals surface area contributed by atoms with E-state index in [-0.39, 0.29) is 85.6 Å². The first kappa shape index (κ1) is 94.2. The molecular formula is C91H121BCl3N8O8Pd-. The summed E-state index contributed by atoms with van der Waals surface area (Å²) in [5.41, 5.74) is 19.2. The topological polar surface area (TPSA) is 253 Å². The molecule has 0 atom stereocenters. The molecule has 0 bridgehead atoms. The van der Waals surface area contributed by atoms with Gasteiger partial charge >= 0.3 is 7.05 Å². The van der Waals surface area contributed by atoms with E-state index >= 15 is 0 Å². The minimum Gasteiger partial charge on any atom is -0.437 e. The van der Waals surface area contributed by atoms with Gasteiger partial charge in [0, 0.05) is 129 Å². The van der Waals surface area contributed by atoms with Gasteiger partial charge in [0.2, 0.25) is 0 Å². The maximum absolute atomic E-state index is 12.3. The average molecular weight is 1680 g/mol. The fraction of sp³-hybridized carbons (Fsp3) is 0.429. The Morgan fingerprint density at radius 2 is 0.696 bits per heavy atom. The molecular weight excluding hydrogens is 1560 g/mol. The Hall–Kier alpha value is -6.63. The van der Waals surface area contributed by atoms with Crippen molar-refractivity contribution in [3.05, 3.63) is 281 Å². The summed E-state index contributed by atoms with van der Waals surface area (Å²) in [6.07, 6.45) is 21.0. The number of hydrogen-bond acceptors (Lipinski definition) is 14. The van der Waals surface area contributed by atoms with E-state index in [1.807, 2.05) is 43.2 Å². The number of likely N-dealkylation sites (tertiary alicyclic amines) is 3. The van der Waals surface area contributed by atoms with E-state index in [1.54, 1.807) is 11.1 Å². The number of oxime groups is 1. The number of carbonyl (C=O) groups excluding carboxylic acids is 2. The van der Waals surface area contributed by atoms with Gasteiger partial charge in [-0.15, -0.1) is 35.6 Å². The summed E-state index contributed by atoms with van der Waals surface area (Å²) in [7, 11) is 0.620. The Bertz CT molecular complexity index is 4130. The van der Waals surface area contributed by atoms with Crippen LogP contribution in [0.4, 0.5) is 11.4 Å². The van der Waals surface area contributed by atoms with Crippen molar-refractivity contribution in [1.29, 1.82) is 0 Å². The van der Waals surface area contributed by atoms with Crippen molar-refractivity contribution in [2.75, 3.05) is 88.5 Å². The molecule has 4 aliphatic carbocycles. The number of nitrogens with zero attached hydrogens (tertiary/aromatic N) is 5. The first-order valence-electron chi connectivity index (χ1n) is 39.1. The second kappa shape index (κ2) is 45.6. The number of carbonyl (C=O) groups is 2. The SMILES string of the molecule is CB(O)N1CCC2(CC1)CC(=O)c1ccccc12.CO.Cl.ClCCl.NO.O.O.O/N=C1/CC2(CCN(Cc3ccccc3)CC2)c2ccccc21.O=C1CC2(CCN(Cc3ccccc3)CC2)c2ccccc21.[CH3-].[Pd].c1ccc(CN2CCC3(CCNc4ccccc43)CC2)cc1.c1ccc2c(c1)NCCC21CCCCC1. The van der Waals surface area contributed by atoms with Crippen LogP contribution in [0.1, 0.15) is 186 Å². The average Bonchev–Trinajstić information content (AvgIpc) is 0.977. The summed E-state index contributed by atoms with van der Waals surface area (Å²) < 4.78 is 0. The number of aliphatic hydroxyl groups excluding tert-OH is 1. The number of rotatable bonds is 7. The van der Waals surface area contributed by atoms with Crippen LogP contribution in [0.5, 0.6) is 0 Å². The third-order valence-electron chi connectivity index (χ3n) is 25.1. The summed E-state index contributed by atoms with van der Waals surface area (Å²) in [5.74, 6) is 4.13. The van der Waals surface area contributed by atoms with E-state index in [4.69, 9.17) is 33.5 Å². The van der Waals surface area contributed by atoms with Gasteiger partial charge < -0.3 is 54.4 Å². The Morgan fingerprint density at radius 3 is 1.05 bits per heavy atom. The maximum atomic E-state index is 12.3. The molecule has 12 N–H and O–H groups in total. The van der Waals surface area contributed by atoms with E-state index < -0.39 is 0 Å². The molecule has 8 aromatic rings. The summed E-state index contributed by atoms with van der Waals surface area (Å²) in [6, 6.07) is 74.8. The van der Waals surface area contributed by atoms with Gasteiger partial charge in [0.15, 0.2) is 11.6 Å². The van der Waals surface area contributed by atoms with Gasteiger partial charge in [-0.05, 0) is 198 Å². The zero-order chi connectivity index (χ0) is 75.1. The Labute approximate surface area is 697 Å². The smallest absolute Gasteiger partial charge is 0.376 e. The number of piperidine rings is 4. The minimum atomic E-state index is -0.380. The van der Waals surface area contributed by atoms with Crippen LogP contribution < -0.4 is 16.5 Å². The van der Waals surface area contributed by atoms with E-state index in [0.717, 1.165) is 146 Å². The molecule has 1 saturated carbocycles. The zero-order valence-electron chi connectivity index (χ0n) is 65.8. The number of halogens is 3. The molecule has 0 amide bonds. The van der Waals surface area contributed by atoms with Crippen molar-refractivity contribution < 1.29 is 61.5 Å². The number of Topliss-reactive ketones (excluding diaryl/α,β-unsaturated/α-hetero) is 2. The maximum Gasteiger partial charge on any atom is 0.376 e. The van der Waals surface area contributed by atoms with Gasteiger partial charge in [0.25, 0.3) is 0 Å². The number of benzene rings is 8. The number of nitrogens with two attached hydrogens (primary N) is 1. The molecule has 5 spiro atoms. The van der Waals surface area contributed by atoms with E-state index in [2.05, 4.69) is 217 Å². The number of alkyl halides is 2. The number of ketones is 2. The molecule has 0 unspecified atom stereocenters. The molecule has 112 heavy (non-hydrogen) atoms. The number of para-hydroxylation sites is 2. The van der Waals surface area contributed by atoms with E-state index in [1.165, 1.54) is 116 Å². The number of aliphatic hydroxyl groups is 1. The van der Waals surface area contributed by atoms with Gasteiger partial charge in [0.05, 0.1) is 11.1 Å². The third kappa shape index (κ3) is 22.5. The van der Waals surface area contributed by atoms with Crippen molar-refractivity contribution in [1.82, 2.24) is 19.5 Å². The molecule has 18 rings (SSSR count). The summed E-state index contributed by atoms with van der Waals surface area (Å²) in [5, 5.41) is 43.3. The number of anilines is 2. The second-order valence-electron chi connectivity index (χ2n) is 31.0. The molecule has 8 aromatic carbocycles. The quantitative estimate of drug-likeness (QED) is 0.0258. The van der Waals surface area contributed by atoms with Gasteiger partial charge in [-0.1, -0.05) is 225 Å². The molecule has 4 saturated heterocycles. The molecule has 10 aliphatic rings. The minimum absolute atomic E-state index is 0. The van der Waals surface area contributed by atoms with Gasteiger partial charge in [-0.2, -0.15) is 0 Å². The van der Waals surface area contributed by atoms with Crippen molar-refractivity contribution in [2.24, 2.45) is 11.1 Å². The van der Waals surface area contributed by atoms with Crippen LogP contribution >= 0.6 is 35.6 Å². The Morgan fingerprint density at radius 1 is 0.411 bits per heavy atom. The van der Waals surface area contributed by atoms with E-state index in [9.17, 15) is 19.8 Å². The summed E-state index contributed by atoms with van der Waals surface area (Å²) in [6.45, 7) is 15.8. The second-order valence-corrected chi connectivity index (χ2v) is 31.8. The van der Waals surface area contributed by atoms with Crippen molar-refractivity contribution in [2.45, 2.75) is 169 Å². The zero-order valence-corrected chi connectivity index (χ0v) is 69.7. The van der Waals surface area contributed by atoms with E-state index in [0.29, 0.717) is 29.5 Å². The molecule has 5 fully saturated rings. The molecule has 16 nitrogen and oxygen atoms in total. The number of nitrogens with one attached hydrogen (secondary N) is 2. The number of fused-ring (bicyclic) bond motifs is 10. The standard InChI is InChI=1S/C20H22N2O.C20H24N2.C20H21NO.C14H18BNO2.C14H19N.CH2Cl2.CH4O.CH3.ClH.H3NO.2H2O.Pd/c23-21-19-14-20(18-9-5-4-8-17(18)19)10-12-22(13-11-20)15-16-6-2-1-3-7-16;1-2-6-17(7-3-1)16-22-14-11-20(12-15-22)10-13-21-19-9-5-4-8-18(19)20;22-19-14-20(18-9-5-4-8-17(18)19)10-12-21(13-11-20)15-16-6-2-1-3-7-16;1-15(18)16-8-6-14(7-9-16)10-13(17)11-4-2-3-5-12(11)14;1-4-8-14(9-5-1)10-11-15-13-7-3-2-6-12(13)14;2-1-3;1-2;;;1-2;;;/h1-9,23H,10-15H2;1-9,21H,10-16H2;1-9H,10-15H2;2-5,18H,6-10H2,1H3;2-3,6-7,15H,1,4-5,8-11H2;1H2;2H,1H3;1H3;1H;2H,1H2;2*1H2;/q;;;;;;;-1;;;;;/b21-19-;;;;;;;;;;;;. The normalized spacial score (nSPS) is 19.4. The Kier molecular flexibility index (Phi) is 38.4. The molecule has 21 heteroatoms. The first-order chi connectivity index (χ1) is 52.4. The van der Waals surface area contributed by atoms with Crippen molar-refractivity contribution in [3.63, 3.8) is 0 Å². The van der Waals surface area contributed by atoms with Crippen molar-refractivity contribution >= 4 is 71.3 Å². The van der Waals surface area contributed by atoms with Gasteiger partial charge in [-0.25, -0.2) is 5.90 Å². The van der Waals surface area contributed by atoms with Crippen LogP contribution in [0.15, 0.2) is 217 Å². The summed E-state index contributed by atoms with van der Waals surface area (Å²) >= 11 is 9.53. The Balaban J connectivity index is 0.000000213. The van der Waals surface area contributed by atoms with Crippen LogP contribution in [-0.2, 0) is 67.1 Å². The molecule has 608 valence electrons. The predicted molar refractivity (Wildman–Crippen MR) is 460 cm³/mol. The number of hydrogen-bond donors (Lipinski definition) is 7. The largest absolute Gasteiger partial charge is 0.437 e. The third-order valence-corrected chi connectivity index (χ3v) is 25.1. The van der Waals surface area contributed by atoms with Gasteiger partial charge in [-0.3, -0.25) is 24.3 Å².